The van der Waals surface area contributed by atoms with E-state index in [1.165, 1.54) is 100 Å². The smallest absolute Gasteiger partial charge is 0.0727 e. The lowest BCUT2D eigenvalue weighted by Gasteiger charge is -2.34. The fourth-order valence-electron chi connectivity index (χ4n) is 13.5. The second-order valence-corrected chi connectivity index (χ2v) is 21.6. The Morgan fingerprint density at radius 2 is 0.615 bits per heavy atom. The average Bonchev–Trinajstić information content (AvgIpc) is 2.76. The Balaban J connectivity index is 1.01. The van der Waals surface area contributed by atoms with Gasteiger partial charge in [0.1, 0.15) is 0 Å². The molecule has 0 amide bonds. The van der Waals surface area contributed by atoms with Crippen LogP contribution in [0.2, 0.25) is 0 Å². The highest BCUT2D eigenvalue weighted by atomic mass is 15.1. The third-order valence-electron chi connectivity index (χ3n) is 17.1. The molecule has 0 aromatic heterocycles. The van der Waals surface area contributed by atoms with Crippen LogP contribution in [0.5, 0.6) is 0 Å². The molecule has 0 bridgehead atoms. The van der Waals surface area contributed by atoms with Gasteiger partial charge in [0.15, 0.2) is 0 Å². The maximum atomic E-state index is 2.55. The molecule has 3 aliphatic rings. The van der Waals surface area contributed by atoms with Crippen LogP contribution < -0.4 is 9.80 Å². The van der Waals surface area contributed by atoms with Gasteiger partial charge in [0, 0.05) is 39.4 Å². The summed E-state index contributed by atoms with van der Waals surface area (Å²) in [7, 11) is 0. The lowest BCUT2D eigenvalue weighted by Crippen LogP contribution is -2.26. The lowest BCUT2D eigenvalue weighted by atomic mass is 9.70. The molecule has 0 heterocycles. The van der Waals surface area contributed by atoms with Gasteiger partial charge in [0.05, 0.1) is 11.1 Å². The van der Waals surface area contributed by atoms with Crippen molar-refractivity contribution >= 4 is 34.1 Å². The van der Waals surface area contributed by atoms with Crippen molar-refractivity contribution in [2.24, 2.45) is 0 Å². The zero-order chi connectivity index (χ0) is 52.0. The van der Waals surface area contributed by atoms with E-state index in [9.17, 15) is 0 Å². The Hall–Kier alpha value is -9.76. The molecule has 368 valence electrons. The van der Waals surface area contributed by atoms with E-state index in [-0.39, 0.29) is 5.41 Å². The van der Waals surface area contributed by atoms with Gasteiger partial charge in [0.2, 0.25) is 0 Å². The van der Waals surface area contributed by atoms with Crippen molar-refractivity contribution in [3.05, 3.63) is 325 Å². The van der Waals surface area contributed by atoms with Crippen LogP contribution in [0.3, 0.4) is 0 Å². The maximum absolute atomic E-state index is 2.55. The summed E-state index contributed by atoms with van der Waals surface area (Å²) in [5.41, 5.74) is 28.5. The summed E-state index contributed by atoms with van der Waals surface area (Å²) in [6.45, 7) is 4.72. The number of benzene rings is 12. The van der Waals surface area contributed by atoms with Crippen LogP contribution >= 0.6 is 0 Å². The van der Waals surface area contributed by atoms with Crippen LogP contribution in [0.25, 0.3) is 66.8 Å². The van der Waals surface area contributed by atoms with E-state index in [0.29, 0.717) is 0 Å². The van der Waals surface area contributed by atoms with Crippen molar-refractivity contribution in [1.82, 2.24) is 0 Å². The monoisotopic (exact) mass is 994 g/mol. The zero-order valence-electron chi connectivity index (χ0n) is 43.6. The van der Waals surface area contributed by atoms with E-state index in [2.05, 4.69) is 315 Å². The van der Waals surface area contributed by atoms with Crippen molar-refractivity contribution in [2.45, 2.75) is 24.7 Å². The van der Waals surface area contributed by atoms with Gasteiger partial charge in [-0.05, 0) is 173 Å². The molecule has 12 aromatic rings. The SMILES string of the molecule is CC1(C)c2ccccc2-c2cc(N(c3ccccc3)c3ccc4c(c3)C3(c5ccccc5-c5cc(-c6ccccc6)c(N(c6ccccc6)c6ccccc6)cc53)c3ccc(-c5ccc(-c6ccccc6)cc5)cc3-4)ccc21. The molecule has 12 aromatic carbocycles. The molecule has 1 atom stereocenters. The molecular formula is C76H54N2. The molecule has 0 N–H and O–H groups in total. The van der Waals surface area contributed by atoms with Crippen LogP contribution in [-0.2, 0) is 10.8 Å². The highest BCUT2D eigenvalue weighted by Crippen LogP contribution is 2.65. The summed E-state index contributed by atoms with van der Waals surface area (Å²) in [5, 5.41) is 0. The third-order valence-corrected chi connectivity index (χ3v) is 17.1. The Kier molecular flexibility index (Phi) is 10.5. The number of para-hydroxylation sites is 3. The highest BCUT2D eigenvalue weighted by Gasteiger charge is 2.53. The standard InChI is InChI=1S/C76H54N2/c1-75(2)68-34-20-18-32-61(68)66-47-59(42-45-69(66)75)77(56-26-12-5-13-27-56)60-41-43-63-65-46-55(53-38-36-52(37-39-53)51-22-8-3-9-23-51)40-44-71(65)76(72(63)48-60)70-35-21-19-33-62(70)67-49-64(54-24-10-4-11-25-54)74(50-73(67)76)78(57-28-14-6-15-29-57)58-30-16-7-17-31-58/h3-50H,1-2H3. The average molecular weight is 995 g/mol. The number of hydrogen-bond donors (Lipinski definition) is 0. The fourth-order valence-corrected chi connectivity index (χ4v) is 13.5. The first kappa shape index (κ1) is 45.6. The first-order chi connectivity index (χ1) is 38.4. The molecule has 2 heteroatoms. The zero-order valence-corrected chi connectivity index (χ0v) is 43.6. The van der Waals surface area contributed by atoms with Gasteiger partial charge >= 0.3 is 0 Å². The van der Waals surface area contributed by atoms with Gasteiger partial charge in [-0.1, -0.05) is 226 Å². The molecule has 2 nitrogen and oxygen atoms in total. The van der Waals surface area contributed by atoms with E-state index in [1.54, 1.807) is 0 Å². The molecule has 0 saturated heterocycles. The molecule has 78 heavy (non-hydrogen) atoms. The third kappa shape index (κ3) is 6.96. The van der Waals surface area contributed by atoms with Crippen molar-refractivity contribution in [3.63, 3.8) is 0 Å². The van der Waals surface area contributed by atoms with E-state index >= 15 is 0 Å². The molecule has 0 saturated carbocycles. The van der Waals surface area contributed by atoms with E-state index in [0.717, 1.165) is 34.1 Å². The molecular weight excluding hydrogens is 941 g/mol. The Morgan fingerprint density at radius 3 is 1.26 bits per heavy atom. The fraction of sp³-hybridized carbons (Fsp3) is 0.0526. The minimum absolute atomic E-state index is 0.102. The number of fused-ring (bicyclic) bond motifs is 13. The molecule has 1 spiro atoms. The van der Waals surface area contributed by atoms with Crippen molar-refractivity contribution in [2.75, 3.05) is 9.80 Å². The van der Waals surface area contributed by atoms with Gasteiger partial charge in [-0.3, -0.25) is 0 Å². The van der Waals surface area contributed by atoms with Gasteiger partial charge in [-0.2, -0.15) is 0 Å². The van der Waals surface area contributed by atoms with Gasteiger partial charge < -0.3 is 9.80 Å². The molecule has 0 aliphatic heterocycles. The predicted molar refractivity (Wildman–Crippen MR) is 326 cm³/mol. The normalized spacial score (nSPS) is 14.7. The Labute approximate surface area is 457 Å². The van der Waals surface area contributed by atoms with E-state index < -0.39 is 5.41 Å². The molecule has 0 radical (unpaired) electrons. The first-order valence-electron chi connectivity index (χ1n) is 27.2. The number of anilines is 6. The Bertz CT molecular complexity index is 4220. The van der Waals surface area contributed by atoms with Crippen molar-refractivity contribution in [3.8, 4) is 66.8 Å². The summed E-state index contributed by atoms with van der Waals surface area (Å²) in [6.07, 6.45) is 0. The van der Waals surface area contributed by atoms with Crippen LogP contribution in [0, 0.1) is 0 Å². The van der Waals surface area contributed by atoms with Crippen LogP contribution in [0.15, 0.2) is 291 Å². The summed E-state index contributed by atoms with van der Waals surface area (Å²) in [5.74, 6) is 0. The molecule has 1 unspecified atom stereocenters. The second kappa shape index (κ2) is 17.9. The maximum Gasteiger partial charge on any atom is 0.0727 e. The van der Waals surface area contributed by atoms with Crippen molar-refractivity contribution in [1.29, 1.82) is 0 Å². The largest absolute Gasteiger partial charge is 0.310 e. The number of hydrogen-bond acceptors (Lipinski definition) is 2. The summed E-state index contributed by atoms with van der Waals surface area (Å²) in [6, 6.07) is 108. The predicted octanol–water partition coefficient (Wildman–Crippen LogP) is 20.3. The second-order valence-electron chi connectivity index (χ2n) is 21.6. The minimum Gasteiger partial charge on any atom is -0.310 e. The van der Waals surface area contributed by atoms with Gasteiger partial charge in [0.25, 0.3) is 0 Å². The van der Waals surface area contributed by atoms with Crippen LogP contribution in [0.4, 0.5) is 34.1 Å². The quantitative estimate of drug-likeness (QED) is 0.142. The van der Waals surface area contributed by atoms with Gasteiger partial charge in [-0.15, -0.1) is 0 Å². The number of rotatable bonds is 9. The van der Waals surface area contributed by atoms with E-state index in [4.69, 9.17) is 0 Å². The highest BCUT2D eigenvalue weighted by molar-refractivity contribution is 6.01. The summed E-state index contributed by atoms with van der Waals surface area (Å²) in [4.78, 5) is 4.93. The van der Waals surface area contributed by atoms with Crippen molar-refractivity contribution < 1.29 is 0 Å². The molecule has 15 rings (SSSR count). The van der Waals surface area contributed by atoms with E-state index in [1.807, 2.05) is 0 Å². The van der Waals surface area contributed by atoms with Gasteiger partial charge in [-0.25, -0.2) is 0 Å². The summed E-state index contributed by atoms with van der Waals surface area (Å²) >= 11 is 0. The Morgan fingerprint density at radius 1 is 0.218 bits per heavy atom. The first-order valence-corrected chi connectivity index (χ1v) is 27.2. The summed E-state index contributed by atoms with van der Waals surface area (Å²) < 4.78 is 0. The lowest BCUT2D eigenvalue weighted by molar-refractivity contribution is 0.660. The molecule has 3 aliphatic carbocycles. The van der Waals surface area contributed by atoms with Crippen LogP contribution in [0.1, 0.15) is 47.2 Å². The number of nitrogens with zero attached hydrogens (tertiary/aromatic N) is 2. The topological polar surface area (TPSA) is 6.48 Å². The minimum atomic E-state index is -0.686. The van der Waals surface area contributed by atoms with Crippen LogP contribution in [-0.4, -0.2) is 0 Å². The molecule has 0 fully saturated rings.